The molecule has 4 aromatic rings. The van der Waals surface area contributed by atoms with Gasteiger partial charge in [0.25, 0.3) is 11.6 Å². The molecule has 3 aromatic carbocycles. The van der Waals surface area contributed by atoms with E-state index >= 15 is 0 Å². The highest BCUT2D eigenvalue weighted by Gasteiger charge is 2.21. The molecule has 0 radical (unpaired) electrons. The molecule has 0 aliphatic heterocycles. The quantitative estimate of drug-likeness (QED) is 0.256. The maximum absolute atomic E-state index is 12.9. The van der Waals surface area contributed by atoms with E-state index in [1.165, 1.54) is 36.4 Å². The zero-order chi connectivity index (χ0) is 24.2. The second-order valence-electron chi connectivity index (χ2n) is 7.33. The number of fused-ring (bicyclic) bond motifs is 1. The third kappa shape index (κ3) is 4.40. The number of carbonyl (C=O) groups excluding carboxylic acids is 2. The summed E-state index contributed by atoms with van der Waals surface area (Å²) in [5.74, 6) is -1.31. The Hall–Kier alpha value is -4.79. The third-order valence-electron chi connectivity index (χ3n) is 5.11. The average Bonchev–Trinajstić information content (AvgIpc) is 2.85. The summed E-state index contributed by atoms with van der Waals surface area (Å²) in [5, 5.41) is 13.6. The molecule has 1 N–H and O–H groups in total. The van der Waals surface area contributed by atoms with Crippen LogP contribution in [0.1, 0.15) is 15.9 Å². The summed E-state index contributed by atoms with van der Waals surface area (Å²) in [6, 6.07) is 19.1. The van der Waals surface area contributed by atoms with Crippen molar-refractivity contribution in [3.8, 4) is 11.3 Å². The van der Waals surface area contributed by atoms with Gasteiger partial charge in [-0.05, 0) is 25.1 Å². The van der Waals surface area contributed by atoms with Gasteiger partial charge >= 0.3 is 5.97 Å². The van der Waals surface area contributed by atoms with Crippen molar-refractivity contribution in [3.05, 3.63) is 104 Å². The number of nitro benzene ring substituents is 1. The molecule has 34 heavy (non-hydrogen) atoms. The van der Waals surface area contributed by atoms with Crippen LogP contribution in [0.4, 0.5) is 11.4 Å². The Morgan fingerprint density at radius 2 is 1.71 bits per heavy atom. The van der Waals surface area contributed by atoms with Crippen molar-refractivity contribution in [2.75, 3.05) is 11.9 Å². The highest BCUT2D eigenvalue weighted by molar-refractivity contribution is 6.03. The van der Waals surface area contributed by atoms with Crippen LogP contribution in [0.3, 0.4) is 0 Å². The molecule has 0 unspecified atom stereocenters. The van der Waals surface area contributed by atoms with Crippen LogP contribution in [0, 0.1) is 17.0 Å². The Morgan fingerprint density at radius 3 is 2.44 bits per heavy atom. The van der Waals surface area contributed by atoms with E-state index in [1.807, 2.05) is 6.07 Å². The lowest BCUT2D eigenvalue weighted by atomic mass is 10.0. The van der Waals surface area contributed by atoms with E-state index in [9.17, 15) is 24.5 Å². The molecule has 170 valence electrons. The fraction of sp³-hybridized carbons (Fsp3) is 0.0800. The number of carbonyl (C=O) groups is 2. The first kappa shape index (κ1) is 22.4. The van der Waals surface area contributed by atoms with Crippen LogP contribution in [-0.4, -0.2) is 23.4 Å². The second-order valence-corrected chi connectivity index (χ2v) is 7.33. The number of hydrogen-bond acceptors (Lipinski definition) is 7. The van der Waals surface area contributed by atoms with Crippen LogP contribution in [0.5, 0.6) is 0 Å². The van der Waals surface area contributed by atoms with Crippen LogP contribution in [0.2, 0.25) is 0 Å². The number of ether oxygens (including phenoxy) is 1. The monoisotopic (exact) mass is 458 g/mol. The number of amides is 1. The van der Waals surface area contributed by atoms with E-state index in [2.05, 4.69) is 5.32 Å². The van der Waals surface area contributed by atoms with E-state index in [4.69, 9.17) is 9.15 Å². The average molecular weight is 458 g/mol. The summed E-state index contributed by atoms with van der Waals surface area (Å²) < 4.78 is 11.1. The summed E-state index contributed by atoms with van der Waals surface area (Å²) >= 11 is 0. The first-order valence-electron chi connectivity index (χ1n) is 10.2. The predicted molar refractivity (Wildman–Crippen MR) is 125 cm³/mol. The van der Waals surface area contributed by atoms with E-state index < -0.39 is 23.4 Å². The Morgan fingerprint density at radius 1 is 1.00 bits per heavy atom. The van der Waals surface area contributed by atoms with Gasteiger partial charge in [-0.3, -0.25) is 19.7 Å². The fourth-order valence-electron chi connectivity index (χ4n) is 3.47. The molecule has 0 saturated carbocycles. The number of hydrogen-bond donors (Lipinski definition) is 1. The van der Waals surface area contributed by atoms with Crippen molar-refractivity contribution in [1.29, 1.82) is 0 Å². The Bertz CT molecular complexity index is 1480. The molecule has 0 fully saturated rings. The van der Waals surface area contributed by atoms with Crippen molar-refractivity contribution >= 4 is 34.2 Å². The molecule has 0 aliphatic carbocycles. The molecule has 1 heterocycles. The Kier molecular flexibility index (Phi) is 6.18. The number of esters is 1. The normalized spacial score (nSPS) is 10.6. The molecule has 4 rings (SSSR count). The second kappa shape index (κ2) is 9.37. The standard InChI is InChI=1S/C25H18N2O7/c1-15-22(29)17-10-7-11-18(24(17)34-23(15)16-8-3-2-4-9-16)25(30)33-14-21(28)26-19-12-5-6-13-20(19)27(31)32/h2-13H,14H2,1H3,(H,26,28). The molecular formula is C25H18N2O7. The van der Waals surface area contributed by atoms with Gasteiger partial charge in [-0.25, -0.2) is 4.79 Å². The van der Waals surface area contributed by atoms with Gasteiger partial charge in [0.2, 0.25) is 0 Å². The maximum Gasteiger partial charge on any atom is 0.342 e. The molecule has 0 spiro atoms. The topological polar surface area (TPSA) is 129 Å². The Labute approximate surface area is 192 Å². The number of rotatable bonds is 6. The van der Waals surface area contributed by atoms with Crippen molar-refractivity contribution in [1.82, 2.24) is 0 Å². The molecule has 1 aromatic heterocycles. The number of para-hydroxylation sites is 3. The number of nitrogens with one attached hydrogen (secondary N) is 1. The maximum atomic E-state index is 12.9. The minimum absolute atomic E-state index is 0.0207. The number of anilines is 1. The molecule has 1 amide bonds. The smallest absolute Gasteiger partial charge is 0.342 e. The molecule has 0 bridgehead atoms. The Balaban J connectivity index is 1.60. The summed E-state index contributed by atoms with van der Waals surface area (Å²) in [4.78, 5) is 48.4. The minimum Gasteiger partial charge on any atom is -0.455 e. The molecular weight excluding hydrogens is 440 g/mol. The van der Waals surface area contributed by atoms with Crippen LogP contribution in [0.25, 0.3) is 22.3 Å². The van der Waals surface area contributed by atoms with E-state index in [-0.39, 0.29) is 33.3 Å². The summed E-state index contributed by atoms with van der Waals surface area (Å²) in [6.07, 6.45) is 0. The van der Waals surface area contributed by atoms with Gasteiger partial charge in [-0.2, -0.15) is 0 Å². The molecule has 9 nitrogen and oxygen atoms in total. The van der Waals surface area contributed by atoms with Gasteiger partial charge in [0.05, 0.1) is 10.3 Å². The van der Waals surface area contributed by atoms with Crippen molar-refractivity contribution in [3.63, 3.8) is 0 Å². The van der Waals surface area contributed by atoms with Gasteiger partial charge in [-0.1, -0.05) is 48.5 Å². The largest absolute Gasteiger partial charge is 0.455 e. The number of nitro groups is 1. The van der Waals surface area contributed by atoms with Crippen molar-refractivity contribution < 1.29 is 23.7 Å². The minimum atomic E-state index is -0.880. The van der Waals surface area contributed by atoms with Gasteiger partial charge in [0, 0.05) is 17.2 Å². The van der Waals surface area contributed by atoms with Crippen molar-refractivity contribution in [2.45, 2.75) is 6.92 Å². The lowest BCUT2D eigenvalue weighted by Gasteiger charge is -2.11. The molecule has 0 aliphatic rings. The lowest BCUT2D eigenvalue weighted by Crippen LogP contribution is -2.21. The van der Waals surface area contributed by atoms with Gasteiger partial charge < -0.3 is 14.5 Å². The summed E-state index contributed by atoms with van der Waals surface area (Å²) in [5.41, 5.74) is 0.490. The summed E-state index contributed by atoms with van der Waals surface area (Å²) in [7, 11) is 0. The van der Waals surface area contributed by atoms with Gasteiger partial charge in [0.1, 0.15) is 17.0 Å². The van der Waals surface area contributed by atoms with Crippen LogP contribution in [0.15, 0.2) is 82.0 Å². The van der Waals surface area contributed by atoms with E-state index in [1.54, 1.807) is 37.3 Å². The molecule has 9 heteroatoms. The molecule has 0 saturated heterocycles. The lowest BCUT2D eigenvalue weighted by molar-refractivity contribution is -0.383. The molecule has 0 atom stereocenters. The highest BCUT2D eigenvalue weighted by Crippen LogP contribution is 2.28. The summed E-state index contributed by atoms with van der Waals surface area (Å²) in [6.45, 7) is 0.953. The first-order chi connectivity index (χ1) is 16.4. The van der Waals surface area contributed by atoms with E-state index in [0.29, 0.717) is 16.9 Å². The van der Waals surface area contributed by atoms with Crippen LogP contribution < -0.4 is 10.7 Å². The third-order valence-corrected chi connectivity index (χ3v) is 5.11. The first-order valence-corrected chi connectivity index (χ1v) is 10.2. The number of benzene rings is 3. The highest BCUT2D eigenvalue weighted by atomic mass is 16.6. The zero-order valence-corrected chi connectivity index (χ0v) is 17.9. The van der Waals surface area contributed by atoms with Gasteiger partial charge in [-0.15, -0.1) is 0 Å². The predicted octanol–water partition coefficient (Wildman–Crippen LogP) is 4.47. The van der Waals surface area contributed by atoms with Gasteiger partial charge in [0.15, 0.2) is 17.6 Å². The van der Waals surface area contributed by atoms with Crippen LogP contribution >= 0.6 is 0 Å². The number of nitrogens with zero attached hydrogens (tertiary/aromatic N) is 1. The fourth-order valence-corrected chi connectivity index (χ4v) is 3.47. The van der Waals surface area contributed by atoms with E-state index in [0.717, 1.165) is 0 Å². The zero-order valence-electron chi connectivity index (χ0n) is 17.9. The van der Waals surface area contributed by atoms with Crippen LogP contribution in [-0.2, 0) is 9.53 Å². The van der Waals surface area contributed by atoms with Crippen molar-refractivity contribution in [2.24, 2.45) is 0 Å². The SMILES string of the molecule is Cc1c(-c2ccccc2)oc2c(C(=O)OCC(=O)Nc3ccccc3[N+](=O)[O-])cccc2c1=O.